The van der Waals surface area contributed by atoms with Crippen molar-refractivity contribution >= 4 is 0 Å². The summed E-state index contributed by atoms with van der Waals surface area (Å²) in [6, 6.07) is 0. The second-order valence-electron chi connectivity index (χ2n) is 4.40. The lowest BCUT2D eigenvalue weighted by atomic mass is 10.0. The van der Waals surface area contributed by atoms with Gasteiger partial charge < -0.3 is 5.73 Å². The van der Waals surface area contributed by atoms with Crippen LogP contribution in [0.25, 0.3) is 0 Å². The van der Waals surface area contributed by atoms with E-state index in [-0.39, 0.29) is 0 Å². The van der Waals surface area contributed by atoms with E-state index in [0.29, 0.717) is 0 Å². The van der Waals surface area contributed by atoms with Crippen LogP contribution in [0, 0.1) is 5.92 Å². The molecule has 0 spiro atoms. The van der Waals surface area contributed by atoms with Crippen LogP contribution in [-0.4, -0.2) is 31.1 Å². The average molecular weight is 196 g/mol. The van der Waals surface area contributed by atoms with Crippen LogP contribution in [0.2, 0.25) is 0 Å². The Kier molecular flexibility index (Phi) is 5.20. The van der Waals surface area contributed by atoms with Crippen molar-refractivity contribution in [2.45, 2.75) is 33.1 Å². The van der Waals surface area contributed by atoms with Crippen molar-refractivity contribution in [3.63, 3.8) is 0 Å². The molecule has 0 amide bonds. The van der Waals surface area contributed by atoms with Gasteiger partial charge in [-0.05, 0) is 38.8 Å². The highest BCUT2D eigenvalue weighted by atomic mass is 15.1. The van der Waals surface area contributed by atoms with Crippen molar-refractivity contribution in [3.8, 4) is 0 Å². The second kappa shape index (κ2) is 6.20. The van der Waals surface area contributed by atoms with Crippen molar-refractivity contribution in [1.29, 1.82) is 0 Å². The number of hydrogen-bond donors (Lipinski definition) is 1. The summed E-state index contributed by atoms with van der Waals surface area (Å²) in [5, 5.41) is 0. The normalized spacial score (nSPS) is 20.6. The molecule has 1 aliphatic rings. The lowest BCUT2D eigenvalue weighted by Gasteiger charge is -2.26. The Bertz CT molecular complexity index is 183. The molecule has 0 aromatic carbocycles. The summed E-state index contributed by atoms with van der Waals surface area (Å²) >= 11 is 0. The molecule has 0 fully saturated rings. The molecule has 14 heavy (non-hydrogen) atoms. The standard InChI is InChI=1S/C12H24N2/c1-3-12(10-13)6-9-14-7-4-11(2)5-8-14/h4,12H,3,5-10,13H2,1-2H3. The molecule has 0 radical (unpaired) electrons. The molecular weight excluding hydrogens is 172 g/mol. The monoisotopic (exact) mass is 196 g/mol. The van der Waals surface area contributed by atoms with Crippen LogP contribution in [0.1, 0.15) is 33.1 Å². The number of nitrogens with two attached hydrogens (primary N) is 1. The molecule has 0 aliphatic carbocycles. The Balaban J connectivity index is 2.19. The summed E-state index contributed by atoms with van der Waals surface area (Å²) in [7, 11) is 0. The Labute approximate surface area is 88.2 Å². The third-order valence-corrected chi connectivity index (χ3v) is 3.28. The van der Waals surface area contributed by atoms with Gasteiger partial charge in [-0.2, -0.15) is 0 Å². The van der Waals surface area contributed by atoms with Crippen LogP contribution < -0.4 is 5.73 Å². The second-order valence-corrected chi connectivity index (χ2v) is 4.40. The van der Waals surface area contributed by atoms with Gasteiger partial charge in [0, 0.05) is 13.1 Å². The first-order valence-corrected chi connectivity index (χ1v) is 5.84. The SMILES string of the molecule is CCC(CN)CCN1CC=C(C)CC1. The van der Waals surface area contributed by atoms with E-state index in [4.69, 9.17) is 5.73 Å². The van der Waals surface area contributed by atoms with E-state index in [1.54, 1.807) is 5.57 Å². The van der Waals surface area contributed by atoms with Crippen molar-refractivity contribution < 1.29 is 0 Å². The summed E-state index contributed by atoms with van der Waals surface area (Å²) in [5.41, 5.74) is 7.24. The van der Waals surface area contributed by atoms with Gasteiger partial charge in [0.1, 0.15) is 0 Å². The summed E-state index contributed by atoms with van der Waals surface area (Å²) in [6.45, 7) is 8.92. The average Bonchev–Trinajstić information content (AvgIpc) is 2.22. The number of nitrogens with zero attached hydrogens (tertiary/aromatic N) is 1. The fourth-order valence-corrected chi connectivity index (χ4v) is 1.87. The van der Waals surface area contributed by atoms with Gasteiger partial charge in [0.15, 0.2) is 0 Å². The van der Waals surface area contributed by atoms with Crippen LogP contribution in [0.4, 0.5) is 0 Å². The molecular formula is C12H24N2. The maximum absolute atomic E-state index is 5.69. The molecule has 2 nitrogen and oxygen atoms in total. The third kappa shape index (κ3) is 3.81. The molecule has 2 heteroatoms. The molecule has 1 unspecified atom stereocenters. The van der Waals surface area contributed by atoms with Gasteiger partial charge in [0.05, 0.1) is 0 Å². The van der Waals surface area contributed by atoms with Crippen molar-refractivity contribution in [1.82, 2.24) is 4.90 Å². The molecule has 82 valence electrons. The van der Waals surface area contributed by atoms with E-state index in [9.17, 15) is 0 Å². The van der Waals surface area contributed by atoms with Crippen molar-refractivity contribution in [2.24, 2.45) is 11.7 Å². The van der Waals surface area contributed by atoms with E-state index in [2.05, 4.69) is 24.8 Å². The summed E-state index contributed by atoms with van der Waals surface area (Å²) in [6.07, 6.45) is 6.09. The van der Waals surface area contributed by atoms with E-state index >= 15 is 0 Å². The third-order valence-electron chi connectivity index (χ3n) is 3.28. The quantitative estimate of drug-likeness (QED) is 0.682. The summed E-state index contributed by atoms with van der Waals surface area (Å²) in [4.78, 5) is 2.53. The first-order chi connectivity index (χ1) is 6.76. The Morgan fingerprint density at radius 2 is 2.36 bits per heavy atom. The van der Waals surface area contributed by atoms with E-state index in [1.807, 2.05) is 0 Å². The maximum Gasteiger partial charge on any atom is 0.0165 e. The van der Waals surface area contributed by atoms with Gasteiger partial charge >= 0.3 is 0 Å². The Hall–Kier alpha value is -0.340. The van der Waals surface area contributed by atoms with Crippen LogP contribution >= 0.6 is 0 Å². The van der Waals surface area contributed by atoms with Crippen LogP contribution in [0.5, 0.6) is 0 Å². The van der Waals surface area contributed by atoms with Crippen molar-refractivity contribution in [2.75, 3.05) is 26.2 Å². The van der Waals surface area contributed by atoms with E-state index in [0.717, 1.165) is 19.0 Å². The molecule has 2 N–H and O–H groups in total. The highest BCUT2D eigenvalue weighted by molar-refractivity contribution is 5.03. The molecule has 0 saturated carbocycles. The zero-order valence-electron chi connectivity index (χ0n) is 9.63. The lowest BCUT2D eigenvalue weighted by molar-refractivity contribution is 0.267. The molecule has 0 bridgehead atoms. The van der Waals surface area contributed by atoms with Crippen LogP contribution in [-0.2, 0) is 0 Å². The molecule has 1 heterocycles. The maximum atomic E-state index is 5.69. The van der Waals surface area contributed by atoms with Gasteiger partial charge in [-0.15, -0.1) is 0 Å². The zero-order valence-corrected chi connectivity index (χ0v) is 9.63. The molecule has 0 saturated heterocycles. The number of rotatable bonds is 5. The lowest BCUT2D eigenvalue weighted by Crippen LogP contribution is -2.31. The first-order valence-electron chi connectivity index (χ1n) is 5.84. The molecule has 0 aromatic heterocycles. The zero-order chi connectivity index (χ0) is 10.4. The van der Waals surface area contributed by atoms with E-state index in [1.165, 1.54) is 32.4 Å². The van der Waals surface area contributed by atoms with Gasteiger partial charge in [-0.1, -0.05) is 25.0 Å². The smallest absolute Gasteiger partial charge is 0.0165 e. The van der Waals surface area contributed by atoms with Gasteiger partial charge in [0.25, 0.3) is 0 Å². The minimum atomic E-state index is 0.724. The highest BCUT2D eigenvalue weighted by Crippen LogP contribution is 2.12. The molecule has 1 rings (SSSR count). The van der Waals surface area contributed by atoms with Crippen molar-refractivity contribution in [3.05, 3.63) is 11.6 Å². The molecule has 1 atom stereocenters. The van der Waals surface area contributed by atoms with Crippen LogP contribution in [0.15, 0.2) is 11.6 Å². The highest BCUT2D eigenvalue weighted by Gasteiger charge is 2.11. The largest absolute Gasteiger partial charge is 0.330 e. The fourth-order valence-electron chi connectivity index (χ4n) is 1.87. The number of hydrogen-bond acceptors (Lipinski definition) is 2. The van der Waals surface area contributed by atoms with Gasteiger partial charge in [-0.25, -0.2) is 0 Å². The Morgan fingerprint density at radius 3 is 2.86 bits per heavy atom. The predicted molar refractivity (Wildman–Crippen MR) is 62.3 cm³/mol. The summed E-state index contributed by atoms with van der Waals surface area (Å²) in [5.74, 6) is 0.724. The predicted octanol–water partition coefficient (Wildman–Crippen LogP) is 2.01. The molecule has 1 aliphatic heterocycles. The summed E-state index contributed by atoms with van der Waals surface area (Å²) < 4.78 is 0. The van der Waals surface area contributed by atoms with E-state index < -0.39 is 0 Å². The fraction of sp³-hybridized carbons (Fsp3) is 0.833. The van der Waals surface area contributed by atoms with Gasteiger partial charge in [0.2, 0.25) is 0 Å². The Morgan fingerprint density at radius 1 is 1.57 bits per heavy atom. The first kappa shape index (κ1) is 11.7. The van der Waals surface area contributed by atoms with Gasteiger partial charge in [-0.3, -0.25) is 4.90 Å². The minimum absolute atomic E-state index is 0.724. The molecule has 0 aromatic rings. The topological polar surface area (TPSA) is 29.3 Å². The van der Waals surface area contributed by atoms with Crippen LogP contribution in [0.3, 0.4) is 0 Å². The minimum Gasteiger partial charge on any atom is -0.330 e.